The third-order valence-electron chi connectivity index (χ3n) is 4.93. The van der Waals surface area contributed by atoms with Gasteiger partial charge in [0.05, 0.1) is 19.0 Å². The number of anilines is 1. The number of hydrogen-bond acceptors (Lipinski definition) is 5. The molecule has 3 rings (SSSR count). The molecule has 2 heterocycles. The Kier molecular flexibility index (Phi) is 10.5. The van der Waals surface area contributed by atoms with Gasteiger partial charge in [0, 0.05) is 12.1 Å². The van der Waals surface area contributed by atoms with Crippen molar-refractivity contribution < 1.29 is 28.3 Å². The first-order valence-corrected chi connectivity index (χ1v) is 10.8. The molecular formula is C22H33F2N3O4. The van der Waals surface area contributed by atoms with E-state index in [9.17, 15) is 23.2 Å². The number of likely N-dealkylation sites (tertiary alicyclic amines) is 1. The zero-order valence-corrected chi connectivity index (χ0v) is 18.6. The average molecular weight is 442 g/mol. The molecule has 2 fully saturated rings. The summed E-state index contributed by atoms with van der Waals surface area (Å²) in [6.45, 7) is 7.32. The van der Waals surface area contributed by atoms with Gasteiger partial charge in [0.25, 0.3) is 5.92 Å². The highest BCUT2D eigenvalue weighted by molar-refractivity contribution is 6.01. The van der Waals surface area contributed by atoms with E-state index in [1.54, 1.807) is 24.3 Å². The molecule has 0 aromatic heterocycles. The van der Waals surface area contributed by atoms with E-state index < -0.39 is 42.8 Å². The third kappa shape index (κ3) is 7.57. The summed E-state index contributed by atoms with van der Waals surface area (Å²) in [7, 11) is 0. The molecule has 2 amide bonds. The quantitative estimate of drug-likeness (QED) is 0.606. The van der Waals surface area contributed by atoms with E-state index in [0.717, 1.165) is 0 Å². The lowest BCUT2D eigenvalue weighted by molar-refractivity contribution is -0.142. The van der Waals surface area contributed by atoms with Gasteiger partial charge >= 0.3 is 5.97 Å². The molecule has 9 heteroatoms. The Balaban J connectivity index is 0.00000113. The largest absolute Gasteiger partial charge is 0.480 e. The lowest BCUT2D eigenvalue weighted by Gasteiger charge is -2.38. The van der Waals surface area contributed by atoms with Crippen LogP contribution in [0.1, 0.15) is 58.4 Å². The standard InChI is InChI=1S/C18H21F2N3O4.2C2H6/c19-18(20)10-23(9-16(25)26)8-7-13(18)11-1-3-12(4-2-11)21-14-5-6-15(24)22-17(14)27;2*1-2/h1-4,13-14,21H,5-10H2,(H,25,26)(H,22,24,27);2*1-2H3. The van der Waals surface area contributed by atoms with E-state index in [1.165, 1.54) is 4.90 Å². The van der Waals surface area contributed by atoms with Gasteiger partial charge < -0.3 is 10.4 Å². The van der Waals surface area contributed by atoms with E-state index in [-0.39, 0.29) is 18.7 Å². The van der Waals surface area contributed by atoms with Crippen LogP contribution in [0.25, 0.3) is 0 Å². The minimum Gasteiger partial charge on any atom is -0.480 e. The van der Waals surface area contributed by atoms with Crippen molar-refractivity contribution in [3.05, 3.63) is 29.8 Å². The summed E-state index contributed by atoms with van der Waals surface area (Å²) in [4.78, 5) is 34.9. The molecule has 1 aromatic rings. The normalized spacial score (nSPS) is 22.8. The lowest BCUT2D eigenvalue weighted by atomic mass is 9.86. The number of carboxylic acids is 1. The van der Waals surface area contributed by atoms with Crippen molar-refractivity contribution >= 4 is 23.5 Å². The summed E-state index contributed by atoms with van der Waals surface area (Å²) in [5.74, 6) is -5.82. The summed E-state index contributed by atoms with van der Waals surface area (Å²) < 4.78 is 29.0. The van der Waals surface area contributed by atoms with Crippen LogP contribution in [0.4, 0.5) is 14.5 Å². The van der Waals surface area contributed by atoms with Crippen LogP contribution in [0.15, 0.2) is 24.3 Å². The molecule has 2 unspecified atom stereocenters. The number of amides is 2. The minimum absolute atomic E-state index is 0.167. The predicted octanol–water partition coefficient (Wildman–Crippen LogP) is 3.47. The van der Waals surface area contributed by atoms with E-state index >= 15 is 0 Å². The number of halogens is 2. The van der Waals surface area contributed by atoms with Crippen LogP contribution in [0.5, 0.6) is 0 Å². The van der Waals surface area contributed by atoms with Crippen molar-refractivity contribution in [3.8, 4) is 0 Å². The number of rotatable bonds is 5. The maximum absolute atomic E-state index is 14.5. The summed E-state index contributed by atoms with van der Waals surface area (Å²) >= 11 is 0. The zero-order chi connectivity index (χ0) is 23.6. The van der Waals surface area contributed by atoms with Crippen molar-refractivity contribution in [2.75, 3.05) is 25.0 Å². The molecule has 31 heavy (non-hydrogen) atoms. The molecule has 0 spiro atoms. The molecule has 0 radical (unpaired) electrons. The minimum atomic E-state index is -3.02. The number of benzene rings is 1. The first-order chi connectivity index (χ1) is 14.7. The second-order valence-electron chi connectivity index (χ2n) is 6.98. The Morgan fingerprint density at radius 1 is 1.16 bits per heavy atom. The van der Waals surface area contributed by atoms with E-state index in [2.05, 4.69) is 10.6 Å². The van der Waals surface area contributed by atoms with Gasteiger partial charge in [-0.2, -0.15) is 0 Å². The van der Waals surface area contributed by atoms with Crippen LogP contribution in [0.3, 0.4) is 0 Å². The molecule has 2 saturated heterocycles. The van der Waals surface area contributed by atoms with Gasteiger partial charge in [-0.25, -0.2) is 8.78 Å². The molecule has 174 valence electrons. The highest BCUT2D eigenvalue weighted by atomic mass is 19.3. The molecule has 0 bridgehead atoms. The molecular weight excluding hydrogens is 408 g/mol. The van der Waals surface area contributed by atoms with Crippen LogP contribution in [-0.2, 0) is 14.4 Å². The Morgan fingerprint density at radius 2 is 1.77 bits per heavy atom. The Bertz CT molecular complexity index is 741. The fraction of sp³-hybridized carbons (Fsp3) is 0.591. The number of alkyl halides is 2. The summed E-state index contributed by atoms with van der Waals surface area (Å²) in [5.41, 5.74) is 1.09. The number of imide groups is 1. The summed E-state index contributed by atoms with van der Waals surface area (Å²) in [6, 6.07) is 5.94. The second-order valence-corrected chi connectivity index (χ2v) is 6.98. The third-order valence-corrected chi connectivity index (χ3v) is 4.93. The number of nitrogens with one attached hydrogen (secondary N) is 2. The number of carbonyl (C=O) groups is 3. The monoisotopic (exact) mass is 441 g/mol. The Labute approximate surface area is 182 Å². The van der Waals surface area contributed by atoms with Gasteiger partial charge in [-0.05, 0) is 37.1 Å². The van der Waals surface area contributed by atoms with Gasteiger partial charge in [-0.1, -0.05) is 39.8 Å². The highest BCUT2D eigenvalue weighted by Crippen LogP contribution is 2.40. The van der Waals surface area contributed by atoms with E-state index in [1.807, 2.05) is 27.7 Å². The molecule has 7 nitrogen and oxygen atoms in total. The van der Waals surface area contributed by atoms with E-state index in [0.29, 0.717) is 24.2 Å². The van der Waals surface area contributed by atoms with E-state index in [4.69, 9.17) is 5.11 Å². The second kappa shape index (κ2) is 12.3. The molecule has 2 atom stereocenters. The Hall–Kier alpha value is -2.55. The molecule has 3 N–H and O–H groups in total. The van der Waals surface area contributed by atoms with Crippen molar-refractivity contribution in [1.82, 2.24) is 10.2 Å². The van der Waals surface area contributed by atoms with Crippen molar-refractivity contribution in [2.24, 2.45) is 0 Å². The zero-order valence-electron chi connectivity index (χ0n) is 18.6. The molecule has 1 aromatic carbocycles. The van der Waals surface area contributed by atoms with Crippen molar-refractivity contribution in [1.29, 1.82) is 0 Å². The molecule has 2 aliphatic heterocycles. The number of nitrogens with zero attached hydrogens (tertiary/aromatic N) is 1. The topological polar surface area (TPSA) is 98.7 Å². The van der Waals surface area contributed by atoms with Crippen LogP contribution < -0.4 is 10.6 Å². The summed E-state index contributed by atoms with van der Waals surface area (Å²) in [5, 5.41) is 14.0. The van der Waals surface area contributed by atoms with Crippen molar-refractivity contribution in [3.63, 3.8) is 0 Å². The lowest BCUT2D eigenvalue weighted by Crippen LogP contribution is -2.48. The average Bonchev–Trinajstić information content (AvgIpc) is 2.73. The predicted molar refractivity (Wildman–Crippen MR) is 115 cm³/mol. The fourth-order valence-corrected chi connectivity index (χ4v) is 3.59. The number of piperidine rings is 2. The first-order valence-electron chi connectivity index (χ1n) is 10.8. The van der Waals surface area contributed by atoms with Crippen LogP contribution >= 0.6 is 0 Å². The van der Waals surface area contributed by atoms with Crippen LogP contribution in [0.2, 0.25) is 0 Å². The maximum atomic E-state index is 14.5. The molecule has 2 aliphatic rings. The molecule has 0 saturated carbocycles. The van der Waals surface area contributed by atoms with Gasteiger partial charge in [0.1, 0.15) is 6.04 Å². The number of carbonyl (C=O) groups excluding carboxylic acids is 2. The van der Waals surface area contributed by atoms with Gasteiger partial charge in [-0.15, -0.1) is 0 Å². The fourth-order valence-electron chi connectivity index (χ4n) is 3.59. The van der Waals surface area contributed by atoms with Crippen molar-refractivity contribution in [2.45, 2.75) is 64.8 Å². The number of aliphatic carboxylic acids is 1. The number of hydrogen-bond donors (Lipinski definition) is 3. The molecule has 0 aliphatic carbocycles. The smallest absolute Gasteiger partial charge is 0.317 e. The SMILES string of the molecule is CC.CC.O=C(O)CN1CCC(c2ccc(NC3CCC(=O)NC3=O)cc2)C(F)(F)C1. The summed E-state index contributed by atoms with van der Waals surface area (Å²) in [6.07, 6.45) is 0.801. The van der Waals surface area contributed by atoms with Gasteiger partial charge in [-0.3, -0.25) is 24.6 Å². The first kappa shape index (κ1) is 26.5. The highest BCUT2D eigenvalue weighted by Gasteiger charge is 2.45. The Morgan fingerprint density at radius 3 is 2.29 bits per heavy atom. The van der Waals surface area contributed by atoms with Gasteiger partial charge in [0.2, 0.25) is 11.8 Å². The number of carboxylic acid groups (broad SMARTS) is 1. The maximum Gasteiger partial charge on any atom is 0.317 e. The van der Waals surface area contributed by atoms with Gasteiger partial charge in [0.15, 0.2) is 0 Å². The van der Waals surface area contributed by atoms with Crippen LogP contribution in [-0.4, -0.2) is 59.4 Å². The van der Waals surface area contributed by atoms with Crippen LogP contribution in [0, 0.1) is 0 Å².